The maximum atomic E-state index is 11.4. The van der Waals surface area contributed by atoms with E-state index in [1.807, 2.05) is 11.8 Å². The fourth-order valence-electron chi connectivity index (χ4n) is 1.45. The molecule has 0 aliphatic heterocycles. The highest BCUT2D eigenvalue weighted by Gasteiger charge is 2.13. The molecule has 1 heterocycles. The fraction of sp³-hybridized carbons (Fsp3) is 0.500. The molecule has 0 bridgehead atoms. The number of aryl methyl sites for hydroxylation is 1. The first-order valence-electron chi connectivity index (χ1n) is 5.55. The van der Waals surface area contributed by atoms with E-state index in [2.05, 4.69) is 11.6 Å². The van der Waals surface area contributed by atoms with Crippen molar-refractivity contribution in [1.29, 1.82) is 0 Å². The summed E-state index contributed by atoms with van der Waals surface area (Å²) >= 11 is 0. The zero-order valence-electron chi connectivity index (χ0n) is 10.3. The van der Waals surface area contributed by atoms with Crippen LogP contribution < -0.4 is 0 Å². The Labute approximate surface area is 101 Å². The van der Waals surface area contributed by atoms with Crippen molar-refractivity contribution in [3.05, 3.63) is 30.5 Å². The summed E-state index contributed by atoms with van der Waals surface area (Å²) in [7, 11) is 0. The van der Waals surface area contributed by atoms with Crippen LogP contribution in [0.25, 0.3) is 0 Å². The van der Waals surface area contributed by atoms with Crippen LogP contribution in [0.5, 0.6) is 0 Å². The number of aromatic nitrogens is 1. The standard InChI is InChI=1S/C12H18N2O3/c1-4-6-14(8-12(15)16-5-2)7-11-10(3)17-9-13-11/h4,9H,1,5-8H2,2-3H3. The van der Waals surface area contributed by atoms with Crippen molar-refractivity contribution in [1.82, 2.24) is 9.88 Å². The van der Waals surface area contributed by atoms with Crippen LogP contribution in [-0.4, -0.2) is 35.5 Å². The Hall–Kier alpha value is -1.62. The molecule has 1 rings (SSSR count). The molecule has 0 saturated heterocycles. The average Bonchev–Trinajstić information content (AvgIpc) is 2.65. The summed E-state index contributed by atoms with van der Waals surface area (Å²) in [4.78, 5) is 17.4. The predicted octanol–water partition coefficient (Wildman–Crippen LogP) is 1.53. The molecule has 0 amide bonds. The van der Waals surface area contributed by atoms with Gasteiger partial charge in [-0.15, -0.1) is 6.58 Å². The second-order valence-electron chi connectivity index (χ2n) is 3.62. The number of rotatable bonds is 7. The highest BCUT2D eigenvalue weighted by atomic mass is 16.5. The molecule has 5 heteroatoms. The minimum Gasteiger partial charge on any atom is -0.465 e. The second kappa shape index (κ2) is 6.85. The van der Waals surface area contributed by atoms with E-state index >= 15 is 0 Å². The quantitative estimate of drug-likeness (QED) is 0.532. The highest BCUT2D eigenvalue weighted by molar-refractivity contribution is 5.71. The Morgan fingerprint density at radius 2 is 2.47 bits per heavy atom. The molecule has 0 spiro atoms. The molecular formula is C12H18N2O3. The molecule has 17 heavy (non-hydrogen) atoms. The van der Waals surface area contributed by atoms with E-state index < -0.39 is 0 Å². The van der Waals surface area contributed by atoms with Crippen LogP contribution >= 0.6 is 0 Å². The largest absolute Gasteiger partial charge is 0.465 e. The molecule has 0 aromatic carbocycles. The molecule has 94 valence electrons. The molecule has 0 aliphatic carbocycles. The van der Waals surface area contributed by atoms with Crippen LogP contribution in [0.4, 0.5) is 0 Å². The summed E-state index contributed by atoms with van der Waals surface area (Å²) in [5, 5.41) is 0. The number of carbonyl (C=O) groups excluding carboxylic acids is 1. The maximum Gasteiger partial charge on any atom is 0.320 e. The van der Waals surface area contributed by atoms with Gasteiger partial charge in [0, 0.05) is 13.1 Å². The van der Waals surface area contributed by atoms with Gasteiger partial charge in [0.1, 0.15) is 5.76 Å². The Morgan fingerprint density at radius 1 is 1.71 bits per heavy atom. The van der Waals surface area contributed by atoms with Crippen LogP contribution in [-0.2, 0) is 16.1 Å². The zero-order chi connectivity index (χ0) is 12.7. The summed E-state index contributed by atoms with van der Waals surface area (Å²) in [6.07, 6.45) is 3.15. The van der Waals surface area contributed by atoms with Crippen LogP contribution in [0.2, 0.25) is 0 Å². The maximum absolute atomic E-state index is 11.4. The minimum atomic E-state index is -0.240. The van der Waals surface area contributed by atoms with Crippen molar-refractivity contribution < 1.29 is 13.9 Å². The van der Waals surface area contributed by atoms with Crippen LogP contribution in [0.1, 0.15) is 18.4 Å². The molecular weight excluding hydrogens is 220 g/mol. The van der Waals surface area contributed by atoms with Gasteiger partial charge in [0.25, 0.3) is 0 Å². The molecule has 0 N–H and O–H groups in total. The Kier molecular flexibility index (Phi) is 5.42. The van der Waals surface area contributed by atoms with Crippen LogP contribution in [0.15, 0.2) is 23.5 Å². The molecule has 5 nitrogen and oxygen atoms in total. The number of hydrogen-bond donors (Lipinski definition) is 0. The summed E-state index contributed by atoms with van der Waals surface area (Å²) in [5.41, 5.74) is 0.830. The van der Waals surface area contributed by atoms with Gasteiger partial charge in [-0.3, -0.25) is 9.69 Å². The zero-order valence-corrected chi connectivity index (χ0v) is 10.3. The van der Waals surface area contributed by atoms with Crippen molar-refractivity contribution in [3.63, 3.8) is 0 Å². The van der Waals surface area contributed by atoms with Gasteiger partial charge in [-0.1, -0.05) is 6.08 Å². The minimum absolute atomic E-state index is 0.228. The van der Waals surface area contributed by atoms with Crippen LogP contribution in [0.3, 0.4) is 0 Å². The number of oxazole rings is 1. The molecule has 0 unspecified atom stereocenters. The van der Waals surface area contributed by atoms with E-state index in [0.717, 1.165) is 11.5 Å². The Morgan fingerprint density at radius 3 is 3.00 bits per heavy atom. The van der Waals surface area contributed by atoms with E-state index in [0.29, 0.717) is 19.7 Å². The average molecular weight is 238 g/mol. The van der Waals surface area contributed by atoms with Gasteiger partial charge in [-0.05, 0) is 13.8 Å². The molecule has 1 aromatic heterocycles. The van der Waals surface area contributed by atoms with E-state index in [1.54, 1.807) is 13.0 Å². The summed E-state index contributed by atoms with van der Waals surface area (Å²) < 4.78 is 10.0. The number of ether oxygens (including phenoxy) is 1. The third-order valence-corrected chi connectivity index (χ3v) is 2.26. The van der Waals surface area contributed by atoms with Crippen LogP contribution in [0, 0.1) is 6.92 Å². The highest BCUT2D eigenvalue weighted by Crippen LogP contribution is 2.08. The van der Waals surface area contributed by atoms with Gasteiger partial charge in [0.05, 0.1) is 18.8 Å². The molecule has 0 saturated carbocycles. The van der Waals surface area contributed by atoms with Crippen molar-refractivity contribution in [2.45, 2.75) is 20.4 Å². The van der Waals surface area contributed by atoms with Gasteiger partial charge >= 0.3 is 5.97 Å². The van der Waals surface area contributed by atoms with Crippen molar-refractivity contribution in [2.75, 3.05) is 19.7 Å². The van der Waals surface area contributed by atoms with Gasteiger partial charge in [-0.2, -0.15) is 0 Å². The third kappa shape index (κ3) is 4.40. The SMILES string of the molecule is C=CCN(CC(=O)OCC)Cc1ncoc1C. The summed E-state index contributed by atoms with van der Waals surface area (Å²) in [5.74, 6) is 0.526. The fourth-order valence-corrected chi connectivity index (χ4v) is 1.45. The van der Waals surface area contributed by atoms with Gasteiger partial charge in [0.2, 0.25) is 0 Å². The summed E-state index contributed by atoms with van der Waals surface area (Å²) in [6, 6.07) is 0. The molecule has 0 radical (unpaired) electrons. The lowest BCUT2D eigenvalue weighted by Gasteiger charge is -2.18. The van der Waals surface area contributed by atoms with Crippen molar-refractivity contribution in [3.8, 4) is 0 Å². The predicted molar refractivity (Wildman–Crippen MR) is 63.3 cm³/mol. The molecule has 1 aromatic rings. The summed E-state index contributed by atoms with van der Waals surface area (Å²) in [6.45, 7) is 9.08. The number of hydrogen-bond acceptors (Lipinski definition) is 5. The Bertz CT molecular complexity index is 374. The molecule has 0 aliphatic rings. The number of nitrogens with zero attached hydrogens (tertiary/aromatic N) is 2. The monoisotopic (exact) mass is 238 g/mol. The van der Waals surface area contributed by atoms with E-state index in [4.69, 9.17) is 9.15 Å². The molecule has 0 atom stereocenters. The molecule has 0 fully saturated rings. The Balaban J connectivity index is 2.57. The van der Waals surface area contributed by atoms with E-state index in [9.17, 15) is 4.79 Å². The first-order valence-corrected chi connectivity index (χ1v) is 5.55. The first kappa shape index (κ1) is 13.4. The van der Waals surface area contributed by atoms with Crippen molar-refractivity contribution in [2.24, 2.45) is 0 Å². The van der Waals surface area contributed by atoms with Gasteiger partial charge in [-0.25, -0.2) is 4.98 Å². The number of carbonyl (C=O) groups is 1. The smallest absolute Gasteiger partial charge is 0.320 e. The lowest BCUT2D eigenvalue weighted by atomic mass is 10.3. The lowest BCUT2D eigenvalue weighted by Crippen LogP contribution is -2.31. The first-order chi connectivity index (χ1) is 8.17. The topological polar surface area (TPSA) is 55.6 Å². The number of esters is 1. The van der Waals surface area contributed by atoms with Crippen molar-refractivity contribution >= 4 is 5.97 Å². The second-order valence-corrected chi connectivity index (χ2v) is 3.62. The van der Waals surface area contributed by atoms with Gasteiger partial charge < -0.3 is 9.15 Å². The van der Waals surface area contributed by atoms with E-state index in [-0.39, 0.29) is 12.5 Å². The lowest BCUT2D eigenvalue weighted by molar-refractivity contribution is -0.144. The normalized spacial score (nSPS) is 10.5. The van der Waals surface area contributed by atoms with E-state index in [1.165, 1.54) is 6.39 Å². The third-order valence-electron chi connectivity index (χ3n) is 2.26. The van der Waals surface area contributed by atoms with Gasteiger partial charge in [0.15, 0.2) is 6.39 Å².